The van der Waals surface area contributed by atoms with Crippen molar-refractivity contribution in [3.63, 3.8) is 0 Å². The van der Waals surface area contributed by atoms with Crippen LogP contribution in [0.1, 0.15) is 29.8 Å². The molecular weight excluding hydrogens is 346 g/mol. The number of rotatable bonds is 3. The molecule has 3 nitrogen and oxygen atoms in total. The number of carbonyl (C=O) groups excluding carboxylic acids is 1. The van der Waals surface area contributed by atoms with Gasteiger partial charge >= 0.3 is 0 Å². The van der Waals surface area contributed by atoms with Crippen molar-refractivity contribution in [1.82, 2.24) is 10.3 Å². The molecule has 25 heavy (non-hydrogen) atoms. The van der Waals surface area contributed by atoms with Gasteiger partial charge in [-0.2, -0.15) is 0 Å². The van der Waals surface area contributed by atoms with E-state index in [0.29, 0.717) is 11.1 Å². The molecule has 2 aromatic carbocycles. The molecule has 0 fully saturated rings. The summed E-state index contributed by atoms with van der Waals surface area (Å²) in [6, 6.07) is 12.4. The molecule has 3 aromatic rings. The topological polar surface area (TPSA) is 42.0 Å². The summed E-state index contributed by atoms with van der Waals surface area (Å²) in [5.41, 5.74) is 1.37. The fourth-order valence-corrected chi connectivity index (χ4v) is 2.41. The Balaban J connectivity index is 0.00000109. The monoisotopic (exact) mass is 362 g/mol. The Kier molecular flexibility index (Phi) is 6.42. The Bertz CT molecular complexity index is 900. The highest BCUT2D eigenvalue weighted by Gasteiger charge is 2.13. The second kappa shape index (κ2) is 8.53. The molecule has 0 bridgehead atoms. The fourth-order valence-electron chi connectivity index (χ4n) is 2.18. The van der Waals surface area contributed by atoms with Crippen molar-refractivity contribution in [3.05, 3.63) is 76.4 Å². The van der Waals surface area contributed by atoms with Gasteiger partial charge in [0, 0.05) is 11.9 Å². The molecule has 0 saturated heterocycles. The van der Waals surface area contributed by atoms with Gasteiger partial charge in [0.05, 0.1) is 11.1 Å². The number of hydrogen-bond acceptors (Lipinski definition) is 2. The molecule has 1 amide bonds. The van der Waals surface area contributed by atoms with E-state index in [1.807, 2.05) is 32.0 Å². The van der Waals surface area contributed by atoms with Gasteiger partial charge in [-0.05, 0) is 29.8 Å². The summed E-state index contributed by atoms with van der Waals surface area (Å²) >= 11 is 6.04. The first-order chi connectivity index (χ1) is 12.0. The molecule has 3 rings (SSSR count). The van der Waals surface area contributed by atoms with Gasteiger partial charge in [-0.25, -0.2) is 13.8 Å². The van der Waals surface area contributed by atoms with Crippen LogP contribution in [0.25, 0.3) is 10.9 Å². The van der Waals surface area contributed by atoms with E-state index in [4.69, 9.17) is 11.6 Å². The van der Waals surface area contributed by atoms with Crippen molar-refractivity contribution in [1.29, 1.82) is 0 Å². The molecule has 1 heterocycles. The molecule has 0 aliphatic rings. The minimum Gasteiger partial charge on any atom is -0.348 e. The van der Waals surface area contributed by atoms with Gasteiger partial charge in [0.1, 0.15) is 5.15 Å². The molecule has 0 radical (unpaired) electrons. The quantitative estimate of drug-likeness (QED) is 0.657. The Morgan fingerprint density at radius 1 is 1.08 bits per heavy atom. The maximum atomic E-state index is 13.1. The van der Waals surface area contributed by atoms with Crippen LogP contribution in [0.2, 0.25) is 5.15 Å². The third-order valence-electron chi connectivity index (χ3n) is 3.36. The first kappa shape index (κ1) is 18.8. The number of nitrogens with one attached hydrogen (secondary N) is 1. The van der Waals surface area contributed by atoms with Crippen LogP contribution in [-0.4, -0.2) is 10.9 Å². The van der Waals surface area contributed by atoms with E-state index < -0.39 is 17.5 Å². The lowest BCUT2D eigenvalue weighted by Gasteiger charge is -2.08. The van der Waals surface area contributed by atoms with Crippen LogP contribution in [0.4, 0.5) is 8.78 Å². The summed E-state index contributed by atoms with van der Waals surface area (Å²) in [6.45, 7) is 4.05. The first-order valence-electron chi connectivity index (χ1n) is 7.82. The second-order valence-corrected chi connectivity index (χ2v) is 5.31. The molecule has 0 aliphatic heterocycles. The lowest BCUT2D eigenvalue weighted by molar-refractivity contribution is 0.0951. The van der Waals surface area contributed by atoms with E-state index in [9.17, 15) is 13.6 Å². The maximum Gasteiger partial charge on any atom is 0.254 e. The van der Waals surface area contributed by atoms with E-state index in [1.54, 1.807) is 12.1 Å². The van der Waals surface area contributed by atoms with Gasteiger partial charge in [0.2, 0.25) is 0 Å². The fraction of sp³-hybridized carbons (Fsp3) is 0.158. The lowest BCUT2D eigenvalue weighted by atomic mass is 10.1. The predicted molar refractivity (Wildman–Crippen MR) is 95.6 cm³/mol. The molecule has 0 saturated carbocycles. The van der Waals surface area contributed by atoms with Crippen molar-refractivity contribution >= 4 is 28.4 Å². The smallest absolute Gasteiger partial charge is 0.254 e. The summed E-state index contributed by atoms with van der Waals surface area (Å²) in [5.74, 6) is -2.32. The highest BCUT2D eigenvalue weighted by Crippen LogP contribution is 2.20. The third-order valence-corrected chi connectivity index (χ3v) is 3.65. The Morgan fingerprint density at radius 3 is 2.52 bits per heavy atom. The van der Waals surface area contributed by atoms with Crippen molar-refractivity contribution < 1.29 is 13.6 Å². The van der Waals surface area contributed by atoms with E-state index in [0.717, 1.165) is 17.5 Å². The summed E-state index contributed by atoms with van der Waals surface area (Å²) in [7, 11) is 0. The minimum atomic E-state index is -0.956. The average Bonchev–Trinajstić information content (AvgIpc) is 2.63. The molecule has 0 atom stereocenters. The Hall–Kier alpha value is -2.53. The maximum absolute atomic E-state index is 13.1. The minimum absolute atomic E-state index is 0.0548. The van der Waals surface area contributed by atoms with Gasteiger partial charge in [-0.15, -0.1) is 0 Å². The van der Waals surface area contributed by atoms with Crippen LogP contribution in [0.3, 0.4) is 0 Å². The lowest BCUT2D eigenvalue weighted by Crippen LogP contribution is -2.23. The van der Waals surface area contributed by atoms with Crippen LogP contribution >= 0.6 is 11.6 Å². The standard InChI is InChI=1S/C17H11ClF2N2O.C2H6/c18-16-12(8-11-3-1-2-4-15(11)22-16)17(23)21-9-10-5-6-13(19)14(20)7-10;1-2/h1-8H,9H2,(H,21,23);1-2H3. The summed E-state index contributed by atoms with van der Waals surface area (Å²) in [5, 5.41) is 3.49. The summed E-state index contributed by atoms with van der Waals surface area (Å²) < 4.78 is 26.0. The summed E-state index contributed by atoms with van der Waals surface area (Å²) in [6.07, 6.45) is 0. The van der Waals surface area contributed by atoms with Gasteiger partial charge in [-0.3, -0.25) is 4.79 Å². The van der Waals surface area contributed by atoms with Crippen molar-refractivity contribution in [2.24, 2.45) is 0 Å². The normalized spacial score (nSPS) is 10.1. The Morgan fingerprint density at radius 2 is 1.80 bits per heavy atom. The van der Waals surface area contributed by atoms with Crippen molar-refractivity contribution in [3.8, 4) is 0 Å². The third kappa shape index (κ3) is 4.51. The molecule has 1 N–H and O–H groups in total. The van der Waals surface area contributed by atoms with Gasteiger partial charge in [0.15, 0.2) is 11.6 Å². The van der Waals surface area contributed by atoms with Crippen LogP contribution in [0.15, 0.2) is 48.5 Å². The largest absolute Gasteiger partial charge is 0.348 e. The zero-order valence-corrected chi connectivity index (χ0v) is 14.6. The van der Waals surface area contributed by atoms with E-state index >= 15 is 0 Å². The van der Waals surface area contributed by atoms with Gasteiger partial charge in [-0.1, -0.05) is 49.7 Å². The zero-order valence-electron chi connectivity index (χ0n) is 13.8. The van der Waals surface area contributed by atoms with Gasteiger partial charge in [0.25, 0.3) is 5.91 Å². The number of para-hydroxylation sites is 1. The number of pyridine rings is 1. The van der Waals surface area contributed by atoms with Crippen LogP contribution in [0.5, 0.6) is 0 Å². The molecule has 0 spiro atoms. The second-order valence-electron chi connectivity index (χ2n) is 4.95. The molecule has 0 unspecified atom stereocenters. The number of aromatic nitrogens is 1. The number of carbonyl (C=O) groups is 1. The van der Waals surface area contributed by atoms with E-state index in [-0.39, 0.29) is 17.3 Å². The number of amides is 1. The number of hydrogen-bond donors (Lipinski definition) is 1. The summed E-state index contributed by atoms with van der Waals surface area (Å²) in [4.78, 5) is 16.4. The molecule has 1 aromatic heterocycles. The van der Waals surface area contributed by atoms with Crippen molar-refractivity contribution in [2.45, 2.75) is 20.4 Å². The molecule has 130 valence electrons. The van der Waals surface area contributed by atoms with Crippen LogP contribution in [-0.2, 0) is 6.54 Å². The molecular formula is C19H17ClF2N2O. The predicted octanol–water partition coefficient (Wildman–Crippen LogP) is 5.12. The SMILES string of the molecule is CC.O=C(NCc1ccc(F)c(F)c1)c1cc2ccccc2nc1Cl. The Labute approximate surface area is 149 Å². The number of nitrogens with zero attached hydrogens (tertiary/aromatic N) is 1. The first-order valence-corrected chi connectivity index (χ1v) is 8.20. The van der Waals surface area contributed by atoms with Crippen molar-refractivity contribution in [2.75, 3.05) is 0 Å². The highest BCUT2D eigenvalue weighted by atomic mass is 35.5. The van der Waals surface area contributed by atoms with E-state index in [1.165, 1.54) is 6.07 Å². The number of halogens is 3. The number of fused-ring (bicyclic) bond motifs is 1. The average molecular weight is 363 g/mol. The highest BCUT2D eigenvalue weighted by molar-refractivity contribution is 6.33. The van der Waals surface area contributed by atoms with Gasteiger partial charge < -0.3 is 5.32 Å². The van der Waals surface area contributed by atoms with E-state index in [2.05, 4.69) is 10.3 Å². The number of benzene rings is 2. The zero-order chi connectivity index (χ0) is 18.4. The van der Waals surface area contributed by atoms with Crippen LogP contribution in [0, 0.1) is 11.6 Å². The molecule has 0 aliphatic carbocycles. The van der Waals surface area contributed by atoms with Crippen LogP contribution < -0.4 is 5.32 Å². The molecule has 6 heteroatoms.